The number of hydrogen-bond donors (Lipinski definition) is 1. The zero-order valence-corrected chi connectivity index (χ0v) is 10.9. The fourth-order valence-electron chi connectivity index (χ4n) is 2.34. The van der Waals surface area contributed by atoms with Crippen molar-refractivity contribution in [1.82, 2.24) is 14.8 Å². The average Bonchev–Trinajstić information content (AvgIpc) is 2.89. The third-order valence-electron chi connectivity index (χ3n) is 3.46. The minimum atomic E-state index is 0.467. The van der Waals surface area contributed by atoms with Gasteiger partial charge in [-0.15, -0.1) is 10.2 Å². The van der Waals surface area contributed by atoms with E-state index < -0.39 is 0 Å². The van der Waals surface area contributed by atoms with Gasteiger partial charge in [0.15, 0.2) is 5.82 Å². The van der Waals surface area contributed by atoms with E-state index in [-0.39, 0.29) is 0 Å². The van der Waals surface area contributed by atoms with E-state index in [2.05, 4.69) is 14.8 Å². The van der Waals surface area contributed by atoms with Crippen LogP contribution in [-0.4, -0.2) is 14.8 Å². The topological polar surface area (TPSA) is 66.0 Å². The smallest absolute Gasteiger partial charge is 0.171 e. The van der Waals surface area contributed by atoms with Crippen molar-refractivity contribution in [2.24, 2.45) is 5.73 Å². The Hall–Kier alpha value is -1.88. The van der Waals surface area contributed by atoms with Crippen LogP contribution in [0.1, 0.15) is 30.1 Å². The second-order valence-corrected chi connectivity index (χ2v) is 4.78. The van der Waals surface area contributed by atoms with E-state index in [1.54, 1.807) is 0 Å². The van der Waals surface area contributed by atoms with E-state index in [9.17, 15) is 0 Å². The quantitative estimate of drug-likeness (QED) is 0.905. The SMILES string of the molecule is NCc1ccc(OCc2nnc3n2CCCC3)cc1. The summed E-state index contributed by atoms with van der Waals surface area (Å²) in [6.07, 6.45) is 3.43. The molecule has 5 nitrogen and oxygen atoms in total. The van der Waals surface area contributed by atoms with Crippen LogP contribution >= 0.6 is 0 Å². The summed E-state index contributed by atoms with van der Waals surface area (Å²) in [7, 11) is 0. The standard InChI is InChI=1S/C14H18N4O/c15-9-11-4-6-12(7-5-11)19-10-14-17-16-13-3-1-2-8-18(13)14/h4-7H,1-3,8-10,15H2. The highest BCUT2D eigenvalue weighted by atomic mass is 16.5. The molecule has 19 heavy (non-hydrogen) atoms. The molecule has 0 saturated carbocycles. The monoisotopic (exact) mass is 258 g/mol. The number of fused-ring (bicyclic) bond motifs is 1. The van der Waals surface area contributed by atoms with E-state index in [4.69, 9.17) is 10.5 Å². The molecule has 0 atom stereocenters. The molecule has 2 heterocycles. The molecule has 1 aliphatic rings. The third-order valence-corrected chi connectivity index (χ3v) is 3.46. The van der Waals surface area contributed by atoms with Crippen LogP contribution in [0.2, 0.25) is 0 Å². The fourth-order valence-corrected chi connectivity index (χ4v) is 2.34. The summed E-state index contributed by atoms with van der Waals surface area (Å²) < 4.78 is 7.93. The van der Waals surface area contributed by atoms with Gasteiger partial charge in [-0.05, 0) is 30.5 Å². The first kappa shape index (κ1) is 12.2. The van der Waals surface area contributed by atoms with Crippen LogP contribution in [0.3, 0.4) is 0 Å². The largest absolute Gasteiger partial charge is 0.486 e. The van der Waals surface area contributed by atoms with Crippen molar-refractivity contribution in [3.63, 3.8) is 0 Å². The summed E-state index contributed by atoms with van der Waals surface area (Å²) in [6, 6.07) is 7.84. The molecule has 2 aromatic rings. The molecule has 0 fully saturated rings. The lowest BCUT2D eigenvalue weighted by Crippen LogP contribution is -2.14. The van der Waals surface area contributed by atoms with Crippen molar-refractivity contribution >= 4 is 0 Å². The Morgan fingerprint density at radius 2 is 2.00 bits per heavy atom. The van der Waals surface area contributed by atoms with Crippen molar-refractivity contribution in [2.75, 3.05) is 0 Å². The van der Waals surface area contributed by atoms with Gasteiger partial charge in [0.25, 0.3) is 0 Å². The van der Waals surface area contributed by atoms with Crippen LogP contribution in [0, 0.1) is 0 Å². The lowest BCUT2D eigenvalue weighted by molar-refractivity contribution is 0.286. The van der Waals surface area contributed by atoms with Gasteiger partial charge in [0.05, 0.1) is 0 Å². The summed E-state index contributed by atoms with van der Waals surface area (Å²) in [6.45, 7) is 2.03. The summed E-state index contributed by atoms with van der Waals surface area (Å²) in [4.78, 5) is 0. The maximum atomic E-state index is 5.75. The summed E-state index contributed by atoms with van der Waals surface area (Å²) in [5, 5.41) is 8.43. The molecular formula is C14H18N4O. The highest BCUT2D eigenvalue weighted by Crippen LogP contribution is 2.17. The molecule has 0 amide bonds. The molecule has 5 heteroatoms. The number of hydrogen-bond acceptors (Lipinski definition) is 4. The second-order valence-electron chi connectivity index (χ2n) is 4.78. The maximum Gasteiger partial charge on any atom is 0.171 e. The molecule has 0 saturated heterocycles. The minimum absolute atomic E-state index is 0.467. The van der Waals surface area contributed by atoms with Gasteiger partial charge in [-0.2, -0.15) is 0 Å². The van der Waals surface area contributed by atoms with Gasteiger partial charge in [-0.3, -0.25) is 0 Å². The van der Waals surface area contributed by atoms with E-state index in [0.717, 1.165) is 35.9 Å². The molecule has 1 aromatic carbocycles. The number of ether oxygens (including phenoxy) is 1. The van der Waals surface area contributed by atoms with E-state index in [1.165, 1.54) is 12.8 Å². The van der Waals surface area contributed by atoms with Gasteiger partial charge in [-0.25, -0.2) is 0 Å². The molecule has 0 spiro atoms. The van der Waals surface area contributed by atoms with Gasteiger partial charge in [-0.1, -0.05) is 12.1 Å². The van der Waals surface area contributed by atoms with Crippen LogP contribution in [0.4, 0.5) is 0 Å². The Bertz CT molecular complexity index is 547. The van der Waals surface area contributed by atoms with Crippen LogP contribution < -0.4 is 10.5 Å². The molecule has 1 aromatic heterocycles. The number of nitrogens with zero attached hydrogens (tertiary/aromatic N) is 3. The summed E-state index contributed by atoms with van der Waals surface area (Å²) in [5.41, 5.74) is 6.67. The fraction of sp³-hybridized carbons (Fsp3) is 0.429. The van der Waals surface area contributed by atoms with Gasteiger partial charge in [0.2, 0.25) is 0 Å². The Labute approximate surface area is 112 Å². The molecule has 2 N–H and O–H groups in total. The Morgan fingerprint density at radius 3 is 2.79 bits per heavy atom. The maximum absolute atomic E-state index is 5.75. The zero-order valence-electron chi connectivity index (χ0n) is 10.9. The van der Waals surface area contributed by atoms with Gasteiger partial charge < -0.3 is 15.0 Å². The van der Waals surface area contributed by atoms with Gasteiger partial charge in [0, 0.05) is 19.5 Å². The van der Waals surface area contributed by atoms with Crippen LogP contribution in [0.15, 0.2) is 24.3 Å². The number of nitrogens with two attached hydrogens (primary N) is 1. The average molecular weight is 258 g/mol. The van der Waals surface area contributed by atoms with Crippen LogP contribution in [-0.2, 0) is 26.1 Å². The molecule has 3 rings (SSSR count). The molecule has 0 radical (unpaired) electrons. The Balaban J connectivity index is 1.66. The molecule has 0 unspecified atom stereocenters. The first-order chi connectivity index (χ1) is 9.36. The summed E-state index contributed by atoms with van der Waals surface area (Å²) in [5.74, 6) is 2.84. The predicted octanol–water partition coefficient (Wildman–Crippen LogP) is 1.65. The minimum Gasteiger partial charge on any atom is -0.486 e. The van der Waals surface area contributed by atoms with Crippen molar-refractivity contribution in [3.8, 4) is 5.75 Å². The Morgan fingerprint density at radius 1 is 1.16 bits per heavy atom. The van der Waals surface area contributed by atoms with Crippen molar-refractivity contribution in [2.45, 2.75) is 39.0 Å². The molecular weight excluding hydrogens is 240 g/mol. The summed E-state index contributed by atoms with van der Waals surface area (Å²) >= 11 is 0. The molecule has 0 aliphatic carbocycles. The molecule has 100 valence electrons. The van der Waals surface area contributed by atoms with Crippen molar-refractivity contribution < 1.29 is 4.74 Å². The van der Waals surface area contributed by atoms with E-state index in [0.29, 0.717) is 13.2 Å². The Kier molecular flexibility index (Phi) is 3.46. The van der Waals surface area contributed by atoms with Gasteiger partial charge >= 0.3 is 0 Å². The first-order valence-corrected chi connectivity index (χ1v) is 6.69. The normalized spacial score (nSPS) is 14.2. The lowest BCUT2D eigenvalue weighted by Gasteiger charge is -2.14. The third kappa shape index (κ3) is 2.61. The second kappa shape index (κ2) is 5.40. The number of aryl methyl sites for hydroxylation is 1. The zero-order chi connectivity index (χ0) is 13.1. The van der Waals surface area contributed by atoms with Crippen molar-refractivity contribution in [1.29, 1.82) is 0 Å². The van der Waals surface area contributed by atoms with Crippen LogP contribution in [0.5, 0.6) is 5.75 Å². The van der Waals surface area contributed by atoms with E-state index >= 15 is 0 Å². The molecule has 1 aliphatic heterocycles. The highest BCUT2D eigenvalue weighted by Gasteiger charge is 2.15. The number of aromatic nitrogens is 3. The van der Waals surface area contributed by atoms with Crippen molar-refractivity contribution in [3.05, 3.63) is 41.5 Å². The van der Waals surface area contributed by atoms with Gasteiger partial charge in [0.1, 0.15) is 18.2 Å². The van der Waals surface area contributed by atoms with E-state index in [1.807, 2.05) is 24.3 Å². The lowest BCUT2D eigenvalue weighted by atomic mass is 10.2. The molecule has 0 bridgehead atoms. The highest BCUT2D eigenvalue weighted by molar-refractivity contribution is 5.27. The number of benzene rings is 1. The first-order valence-electron chi connectivity index (χ1n) is 6.69. The predicted molar refractivity (Wildman–Crippen MR) is 71.6 cm³/mol. The number of rotatable bonds is 4. The van der Waals surface area contributed by atoms with Crippen LogP contribution in [0.25, 0.3) is 0 Å².